The molecule has 0 heterocycles. The molecule has 0 bridgehead atoms. The second kappa shape index (κ2) is 7.78. The van der Waals surface area contributed by atoms with E-state index in [0.717, 1.165) is 5.56 Å². The number of rotatable bonds is 7. The summed E-state index contributed by atoms with van der Waals surface area (Å²) < 4.78 is 0. The maximum Gasteiger partial charge on any atom is 0.322 e. The average Bonchev–Trinajstić information content (AvgIpc) is 2.40. The third-order valence-electron chi connectivity index (χ3n) is 2.47. The van der Waals surface area contributed by atoms with Gasteiger partial charge in [0.25, 0.3) is 0 Å². The Morgan fingerprint density at radius 2 is 1.80 bits per heavy atom. The molecular weight excluding hydrogens is 262 g/mol. The third kappa shape index (κ3) is 6.39. The van der Waals surface area contributed by atoms with E-state index >= 15 is 0 Å². The molecular formula is C13H17N3O4. The molecule has 0 unspecified atom stereocenters. The van der Waals surface area contributed by atoms with E-state index in [1.54, 1.807) is 12.1 Å². The minimum atomic E-state index is -1.13. The van der Waals surface area contributed by atoms with Gasteiger partial charge in [0.1, 0.15) is 6.54 Å². The van der Waals surface area contributed by atoms with Crippen molar-refractivity contribution in [3.63, 3.8) is 0 Å². The highest BCUT2D eigenvalue weighted by Gasteiger charge is 2.07. The molecule has 0 aliphatic rings. The number of benzene rings is 1. The molecule has 0 radical (unpaired) electrons. The monoisotopic (exact) mass is 279 g/mol. The molecule has 5 N–H and O–H groups in total. The molecule has 20 heavy (non-hydrogen) atoms. The zero-order valence-corrected chi connectivity index (χ0v) is 10.9. The first-order chi connectivity index (χ1) is 9.47. The molecule has 0 aromatic heterocycles. The number of amides is 2. The summed E-state index contributed by atoms with van der Waals surface area (Å²) in [4.78, 5) is 32.9. The number of anilines is 1. The van der Waals surface area contributed by atoms with Crippen LogP contribution in [0.2, 0.25) is 0 Å². The van der Waals surface area contributed by atoms with E-state index < -0.39 is 18.4 Å². The third-order valence-corrected chi connectivity index (χ3v) is 2.47. The number of aryl methyl sites for hydroxylation is 1. The van der Waals surface area contributed by atoms with Crippen molar-refractivity contribution < 1.29 is 19.5 Å². The minimum Gasteiger partial charge on any atom is -0.480 e. The molecule has 108 valence electrons. The van der Waals surface area contributed by atoms with Crippen LogP contribution < -0.4 is 16.4 Å². The maximum absolute atomic E-state index is 11.5. The van der Waals surface area contributed by atoms with Gasteiger partial charge >= 0.3 is 5.97 Å². The minimum absolute atomic E-state index is 0.232. The Labute approximate surface area is 116 Å². The van der Waals surface area contributed by atoms with Crippen LogP contribution in [0.15, 0.2) is 24.3 Å². The van der Waals surface area contributed by atoms with Crippen molar-refractivity contribution in [3.8, 4) is 0 Å². The van der Waals surface area contributed by atoms with Crippen molar-refractivity contribution in [2.24, 2.45) is 0 Å². The Bertz CT molecular complexity index is 502. The second-order valence-electron chi connectivity index (χ2n) is 4.19. The molecule has 0 aliphatic carbocycles. The van der Waals surface area contributed by atoms with Crippen LogP contribution in [-0.4, -0.2) is 36.0 Å². The Morgan fingerprint density at radius 1 is 1.10 bits per heavy atom. The molecule has 0 fully saturated rings. The lowest BCUT2D eigenvalue weighted by molar-refractivity contribution is -0.137. The Balaban J connectivity index is 2.23. The van der Waals surface area contributed by atoms with Gasteiger partial charge in [0.2, 0.25) is 11.8 Å². The number of hydrogen-bond acceptors (Lipinski definition) is 4. The molecule has 0 saturated carbocycles. The van der Waals surface area contributed by atoms with Crippen molar-refractivity contribution in [1.29, 1.82) is 0 Å². The number of carboxylic acids is 1. The summed E-state index contributed by atoms with van der Waals surface area (Å²) in [6.45, 7) is -0.693. The summed E-state index contributed by atoms with van der Waals surface area (Å²) in [6.07, 6.45) is 0.753. The van der Waals surface area contributed by atoms with Crippen LogP contribution in [-0.2, 0) is 20.8 Å². The van der Waals surface area contributed by atoms with Crippen LogP contribution in [0.3, 0.4) is 0 Å². The quantitative estimate of drug-likeness (QED) is 0.502. The molecule has 0 aliphatic heterocycles. The van der Waals surface area contributed by atoms with Gasteiger partial charge < -0.3 is 21.5 Å². The second-order valence-corrected chi connectivity index (χ2v) is 4.19. The highest BCUT2D eigenvalue weighted by atomic mass is 16.4. The van der Waals surface area contributed by atoms with Gasteiger partial charge in [0.05, 0.1) is 6.54 Å². The van der Waals surface area contributed by atoms with Gasteiger partial charge in [0.15, 0.2) is 0 Å². The molecule has 7 nitrogen and oxygen atoms in total. The zero-order valence-electron chi connectivity index (χ0n) is 10.9. The lowest BCUT2D eigenvalue weighted by atomic mass is 10.1. The molecule has 1 aromatic rings. The number of carbonyl (C=O) groups excluding carboxylic acids is 2. The standard InChI is InChI=1S/C13H17N3O4/c14-10-3-1-2-9(6-10)4-5-11(17)15-7-12(18)16-8-13(19)20/h1-3,6H,4-5,7-8,14H2,(H,15,17)(H,16,18)(H,19,20). The fourth-order valence-electron chi connectivity index (χ4n) is 1.51. The van der Waals surface area contributed by atoms with Gasteiger partial charge in [-0.3, -0.25) is 14.4 Å². The van der Waals surface area contributed by atoms with Crippen molar-refractivity contribution in [2.45, 2.75) is 12.8 Å². The molecule has 0 spiro atoms. The average molecular weight is 279 g/mol. The lowest BCUT2D eigenvalue weighted by Crippen LogP contribution is -2.39. The molecule has 2 amide bonds. The fraction of sp³-hybridized carbons (Fsp3) is 0.308. The molecule has 0 saturated heterocycles. The summed E-state index contributed by atoms with van der Waals surface area (Å²) >= 11 is 0. The molecule has 0 atom stereocenters. The fourth-order valence-corrected chi connectivity index (χ4v) is 1.51. The largest absolute Gasteiger partial charge is 0.480 e. The Hall–Kier alpha value is -2.57. The first-order valence-electron chi connectivity index (χ1n) is 6.07. The van der Waals surface area contributed by atoms with Crippen LogP contribution in [0.5, 0.6) is 0 Å². The molecule has 1 rings (SSSR count). The van der Waals surface area contributed by atoms with Crippen molar-refractivity contribution in [2.75, 3.05) is 18.8 Å². The van der Waals surface area contributed by atoms with Crippen LogP contribution in [0, 0.1) is 0 Å². The first-order valence-corrected chi connectivity index (χ1v) is 6.07. The summed E-state index contributed by atoms with van der Waals surface area (Å²) in [5, 5.41) is 12.9. The van der Waals surface area contributed by atoms with Gasteiger partial charge in [-0.25, -0.2) is 0 Å². The normalized spacial score (nSPS) is 9.80. The van der Waals surface area contributed by atoms with Crippen LogP contribution in [0.25, 0.3) is 0 Å². The number of nitrogens with two attached hydrogens (primary N) is 1. The topological polar surface area (TPSA) is 122 Å². The van der Waals surface area contributed by atoms with Gasteiger partial charge in [-0.05, 0) is 24.1 Å². The summed E-state index contributed by atoms with van der Waals surface area (Å²) in [7, 11) is 0. The predicted molar refractivity (Wildman–Crippen MR) is 72.8 cm³/mol. The highest BCUT2D eigenvalue weighted by molar-refractivity contribution is 5.86. The SMILES string of the molecule is Nc1cccc(CCC(=O)NCC(=O)NCC(=O)O)c1. The number of nitrogens with one attached hydrogen (secondary N) is 2. The van der Waals surface area contributed by atoms with Crippen molar-refractivity contribution in [3.05, 3.63) is 29.8 Å². The van der Waals surface area contributed by atoms with E-state index in [2.05, 4.69) is 10.6 Å². The van der Waals surface area contributed by atoms with Crippen LogP contribution in [0.4, 0.5) is 5.69 Å². The lowest BCUT2D eigenvalue weighted by Gasteiger charge is -2.06. The van der Waals surface area contributed by atoms with Gasteiger partial charge in [-0.1, -0.05) is 12.1 Å². The number of nitrogen functional groups attached to an aromatic ring is 1. The van der Waals surface area contributed by atoms with E-state index in [1.807, 2.05) is 12.1 Å². The van der Waals surface area contributed by atoms with Gasteiger partial charge in [-0.15, -0.1) is 0 Å². The summed E-state index contributed by atoms with van der Waals surface area (Å²) in [6, 6.07) is 7.22. The predicted octanol–water partition coefficient (Wildman–Crippen LogP) is -0.482. The smallest absolute Gasteiger partial charge is 0.322 e. The number of hydrogen-bond donors (Lipinski definition) is 4. The van der Waals surface area contributed by atoms with E-state index in [-0.39, 0.29) is 18.9 Å². The summed E-state index contributed by atoms with van der Waals surface area (Å²) in [5.41, 5.74) is 7.20. The van der Waals surface area contributed by atoms with Crippen molar-refractivity contribution in [1.82, 2.24) is 10.6 Å². The van der Waals surface area contributed by atoms with Crippen LogP contribution >= 0.6 is 0 Å². The van der Waals surface area contributed by atoms with Crippen molar-refractivity contribution >= 4 is 23.5 Å². The van der Waals surface area contributed by atoms with E-state index in [0.29, 0.717) is 12.1 Å². The Morgan fingerprint density at radius 3 is 2.45 bits per heavy atom. The Kier molecular flexibility index (Phi) is 6.02. The number of carboxylic acid groups (broad SMARTS) is 1. The number of carbonyl (C=O) groups is 3. The maximum atomic E-state index is 11.5. The van der Waals surface area contributed by atoms with Gasteiger partial charge in [0, 0.05) is 12.1 Å². The van der Waals surface area contributed by atoms with Gasteiger partial charge in [-0.2, -0.15) is 0 Å². The molecule has 7 heteroatoms. The van der Waals surface area contributed by atoms with E-state index in [4.69, 9.17) is 10.8 Å². The highest BCUT2D eigenvalue weighted by Crippen LogP contribution is 2.08. The van der Waals surface area contributed by atoms with E-state index in [1.165, 1.54) is 0 Å². The summed E-state index contributed by atoms with van der Waals surface area (Å²) in [5.74, 6) is -1.95. The number of aliphatic carboxylic acids is 1. The molecule has 1 aromatic carbocycles. The first kappa shape index (κ1) is 15.5. The van der Waals surface area contributed by atoms with Crippen LogP contribution in [0.1, 0.15) is 12.0 Å². The van der Waals surface area contributed by atoms with E-state index in [9.17, 15) is 14.4 Å². The zero-order chi connectivity index (χ0) is 15.0.